The van der Waals surface area contributed by atoms with Gasteiger partial charge < -0.3 is 20.1 Å². The first-order valence-corrected chi connectivity index (χ1v) is 8.31. The Labute approximate surface area is 141 Å². The van der Waals surface area contributed by atoms with Crippen LogP contribution in [0, 0.1) is 0 Å². The van der Waals surface area contributed by atoms with Gasteiger partial charge in [-0.25, -0.2) is 4.98 Å². The average molecular weight is 326 g/mol. The van der Waals surface area contributed by atoms with E-state index in [4.69, 9.17) is 15.2 Å². The molecule has 0 radical (unpaired) electrons. The van der Waals surface area contributed by atoms with Crippen LogP contribution < -0.4 is 20.1 Å². The van der Waals surface area contributed by atoms with Crippen LogP contribution in [0.1, 0.15) is 18.5 Å². The lowest BCUT2D eigenvalue weighted by Crippen LogP contribution is -2.47. The van der Waals surface area contributed by atoms with E-state index in [9.17, 15) is 0 Å². The lowest BCUT2D eigenvalue weighted by Gasteiger charge is -2.38. The number of rotatable bonds is 3. The number of ether oxygens (including phenoxy) is 2. The molecule has 1 saturated heterocycles. The van der Waals surface area contributed by atoms with Crippen molar-refractivity contribution in [2.75, 3.05) is 43.6 Å². The quantitative estimate of drug-likeness (QED) is 0.933. The molecule has 2 aromatic rings. The molecule has 1 atom stereocenters. The van der Waals surface area contributed by atoms with Crippen molar-refractivity contribution in [2.45, 2.75) is 13.0 Å². The molecule has 126 valence electrons. The lowest BCUT2D eigenvalue weighted by atomic mass is 10.1. The van der Waals surface area contributed by atoms with Gasteiger partial charge in [0.25, 0.3) is 0 Å². The Morgan fingerprint density at radius 3 is 2.58 bits per heavy atom. The van der Waals surface area contributed by atoms with E-state index in [1.807, 2.05) is 18.2 Å². The Kier molecular flexibility index (Phi) is 3.90. The summed E-state index contributed by atoms with van der Waals surface area (Å²) in [5.41, 5.74) is 7.68. The smallest absolute Gasteiger partial charge is 0.231 e. The molecule has 3 heterocycles. The maximum absolute atomic E-state index is 5.71. The van der Waals surface area contributed by atoms with E-state index >= 15 is 0 Å². The third-order valence-electron chi connectivity index (χ3n) is 4.84. The van der Waals surface area contributed by atoms with Crippen molar-refractivity contribution in [1.82, 2.24) is 9.88 Å². The number of fused-ring (bicyclic) bond motifs is 1. The first kappa shape index (κ1) is 15.1. The first-order chi connectivity index (χ1) is 11.7. The van der Waals surface area contributed by atoms with Gasteiger partial charge in [0.15, 0.2) is 11.5 Å². The average Bonchev–Trinajstić information content (AvgIpc) is 3.09. The molecule has 4 rings (SSSR count). The highest BCUT2D eigenvalue weighted by Gasteiger charge is 2.24. The minimum absolute atomic E-state index is 0.320. The second-order valence-electron chi connectivity index (χ2n) is 6.26. The van der Waals surface area contributed by atoms with Crippen LogP contribution in [0.4, 0.5) is 11.5 Å². The molecular formula is C18H22N4O2. The molecule has 6 nitrogen and oxygen atoms in total. The molecule has 0 bridgehead atoms. The highest BCUT2D eigenvalue weighted by molar-refractivity contribution is 5.47. The van der Waals surface area contributed by atoms with Crippen LogP contribution in [0.3, 0.4) is 0 Å². The molecule has 1 aromatic carbocycles. The first-order valence-electron chi connectivity index (χ1n) is 8.31. The Hall–Kier alpha value is -2.47. The number of aromatic nitrogens is 1. The number of piperazine rings is 1. The van der Waals surface area contributed by atoms with Crippen molar-refractivity contribution in [2.24, 2.45) is 0 Å². The molecule has 1 fully saturated rings. The Balaban J connectivity index is 1.41. The van der Waals surface area contributed by atoms with Crippen molar-refractivity contribution in [3.05, 3.63) is 42.1 Å². The number of anilines is 2. The van der Waals surface area contributed by atoms with Gasteiger partial charge in [-0.15, -0.1) is 0 Å². The van der Waals surface area contributed by atoms with E-state index < -0.39 is 0 Å². The number of benzene rings is 1. The van der Waals surface area contributed by atoms with Gasteiger partial charge in [0, 0.05) is 32.2 Å². The van der Waals surface area contributed by atoms with Gasteiger partial charge in [0.05, 0.1) is 11.9 Å². The maximum Gasteiger partial charge on any atom is 0.231 e. The topological polar surface area (TPSA) is 63.9 Å². The molecule has 2 aliphatic heterocycles. The molecule has 24 heavy (non-hydrogen) atoms. The van der Waals surface area contributed by atoms with Crippen LogP contribution in [0.15, 0.2) is 36.5 Å². The van der Waals surface area contributed by atoms with E-state index in [1.165, 1.54) is 5.56 Å². The van der Waals surface area contributed by atoms with Gasteiger partial charge in [0.2, 0.25) is 6.79 Å². The van der Waals surface area contributed by atoms with Gasteiger partial charge in [-0.2, -0.15) is 0 Å². The zero-order valence-electron chi connectivity index (χ0n) is 13.8. The van der Waals surface area contributed by atoms with E-state index in [2.05, 4.69) is 33.8 Å². The molecule has 0 spiro atoms. The lowest BCUT2D eigenvalue weighted by molar-refractivity contribution is 0.173. The predicted octanol–water partition coefficient (Wildman–Crippen LogP) is 2.28. The van der Waals surface area contributed by atoms with Crippen LogP contribution in [-0.2, 0) is 0 Å². The zero-order chi connectivity index (χ0) is 16.5. The van der Waals surface area contributed by atoms with Gasteiger partial charge >= 0.3 is 0 Å². The normalized spacial score (nSPS) is 18.6. The van der Waals surface area contributed by atoms with Crippen LogP contribution in [-0.4, -0.2) is 42.9 Å². The molecule has 6 heteroatoms. The maximum atomic E-state index is 5.71. The van der Waals surface area contributed by atoms with Crippen molar-refractivity contribution in [1.29, 1.82) is 0 Å². The molecule has 2 aliphatic rings. The standard InChI is InChI=1S/C18H22N4O2/c1-13(14-2-4-16-17(10-14)24-12-23-16)21-6-8-22(9-7-21)18-5-3-15(19)11-20-18/h2-5,10-11,13H,6-9,12,19H2,1H3. The fourth-order valence-electron chi connectivity index (χ4n) is 3.31. The zero-order valence-corrected chi connectivity index (χ0v) is 13.8. The summed E-state index contributed by atoms with van der Waals surface area (Å²) < 4.78 is 10.9. The summed E-state index contributed by atoms with van der Waals surface area (Å²) in [5, 5.41) is 0. The monoisotopic (exact) mass is 326 g/mol. The van der Waals surface area contributed by atoms with E-state index in [0.717, 1.165) is 43.5 Å². The van der Waals surface area contributed by atoms with E-state index in [-0.39, 0.29) is 0 Å². The number of hydrogen-bond donors (Lipinski definition) is 1. The molecule has 0 saturated carbocycles. The minimum Gasteiger partial charge on any atom is -0.454 e. The number of nitrogen functional groups attached to an aromatic ring is 1. The Morgan fingerprint density at radius 1 is 1.04 bits per heavy atom. The highest BCUT2D eigenvalue weighted by atomic mass is 16.7. The fraction of sp³-hybridized carbons (Fsp3) is 0.389. The number of pyridine rings is 1. The Bertz CT molecular complexity index is 711. The SMILES string of the molecule is CC(c1ccc2c(c1)OCO2)N1CCN(c2ccc(N)cn2)CC1. The molecule has 1 unspecified atom stereocenters. The van der Waals surface area contributed by atoms with E-state index in [1.54, 1.807) is 6.20 Å². The summed E-state index contributed by atoms with van der Waals surface area (Å²) in [5.74, 6) is 2.69. The molecule has 0 amide bonds. The fourth-order valence-corrected chi connectivity index (χ4v) is 3.31. The molecule has 2 N–H and O–H groups in total. The van der Waals surface area contributed by atoms with Crippen LogP contribution >= 0.6 is 0 Å². The summed E-state index contributed by atoms with van der Waals surface area (Å²) in [7, 11) is 0. The van der Waals surface area contributed by atoms with Gasteiger partial charge in [0.1, 0.15) is 5.82 Å². The van der Waals surface area contributed by atoms with Gasteiger partial charge in [-0.05, 0) is 36.8 Å². The second-order valence-corrected chi connectivity index (χ2v) is 6.26. The van der Waals surface area contributed by atoms with Crippen molar-refractivity contribution >= 4 is 11.5 Å². The predicted molar refractivity (Wildman–Crippen MR) is 93.4 cm³/mol. The highest BCUT2D eigenvalue weighted by Crippen LogP contribution is 2.35. The second kappa shape index (κ2) is 6.20. The summed E-state index contributed by atoms with van der Waals surface area (Å²) in [6, 6.07) is 10.5. The van der Waals surface area contributed by atoms with Crippen molar-refractivity contribution < 1.29 is 9.47 Å². The van der Waals surface area contributed by atoms with Crippen molar-refractivity contribution in [3.63, 3.8) is 0 Å². The largest absolute Gasteiger partial charge is 0.454 e. The molecular weight excluding hydrogens is 304 g/mol. The van der Waals surface area contributed by atoms with Gasteiger partial charge in [-0.1, -0.05) is 6.07 Å². The number of nitrogens with two attached hydrogens (primary N) is 1. The Morgan fingerprint density at radius 2 is 1.83 bits per heavy atom. The van der Waals surface area contributed by atoms with Crippen LogP contribution in [0.25, 0.3) is 0 Å². The van der Waals surface area contributed by atoms with Crippen LogP contribution in [0.5, 0.6) is 11.5 Å². The summed E-state index contributed by atoms with van der Waals surface area (Å²) in [6.45, 7) is 6.50. The number of hydrogen-bond acceptors (Lipinski definition) is 6. The summed E-state index contributed by atoms with van der Waals surface area (Å²) >= 11 is 0. The molecule has 1 aromatic heterocycles. The van der Waals surface area contributed by atoms with E-state index in [0.29, 0.717) is 18.5 Å². The summed E-state index contributed by atoms with van der Waals surface area (Å²) in [6.07, 6.45) is 1.72. The van der Waals surface area contributed by atoms with Crippen LogP contribution in [0.2, 0.25) is 0 Å². The third-order valence-corrected chi connectivity index (χ3v) is 4.84. The van der Waals surface area contributed by atoms with Gasteiger partial charge in [-0.3, -0.25) is 4.90 Å². The minimum atomic E-state index is 0.320. The number of nitrogens with zero attached hydrogens (tertiary/aromatic N) is 3. The van der Waals surface area contributed by atoms with Crippen molar-refractivity contribution in [3.8, 4) is 11.5 Å². The third kappa shape index (κ3) is 2.85. The summed E-state index contributed by atoms with van der Waals surface area (Å²) in [4.78, 5) is 9.22. The molecule has 0 aliphatic carbocycles.